The molecule has 2 fully saturated rings. The maximum atomic E-state index is 5.88. The van der Waals surface area contributed by atoms with Crippen molar-refractivity contribution in [3.8, 4) is 0 Å². The average Bonchev–Trinajstić information content (AvgIpc) is 3.19. The third kappa shape index (κ3) is 2.68. The molecular formula is C15H23N3. The fraction of sp³-hybridized carbons (Fsp3) is 0.600. The number of nitrogens with zero attached hydrogens (tertiary/aromatic N) is 2. The maximum absolute atomic E-state index is 5.88. The van der Waals surface area contributed by atoms with Crippen LogP contribution in [0.4, 0.5) is 5.69 Å². The summed E-state index contributed by atoms with van der Waals surface area (Å²) in [5.41, 5.74) is 9.50. The van der Waals surface area contributed by atoms with Crippen LogP contribution in [-0.2, 0) is 6.54 Å². The number of rotatable bonds is 3. The van der Waals surface area contributed by atoms with Gasteiger partial charge in [-0.15, -0.1) is 0 Å². The van der Waals surface area contributed by atoms with Crippen LogP contribution in [0.25, 0.3) is 0 Å². The van der Waals surface area contributed by atoms with Gasteiger partial charge in [-0.1, -0.05) is 6.07 Å². The molecule has 0 amide bonds. The Bertz CT molecular complexity index is 418. The van der Waals surface area contributed by atoms with Crippen molar-refractivity contribution in [2.75, 3.05) is 31.9 Å². The number of benzene rings is 1. The molecular weight excluding hydrogens is 222 g/mol. The molecule has 1 aliphatic heterocycles. The summed E-state index contributed by atoms with van der Waals surface area (Å²) in [6.07, 6.45) is 2.85. The topological polar surface area (TPSA) is 32.5 Å². The molecule has 1 aromatic carbocycles. The fourth-order valence-electron chi connectivity index (χ4n) is 2.83. The van der Waals surface area contributed by atoms with E-state index >= 15 is 0 Å². The Morgan fingerprint density at radius 1 is 1.17 bits per heavy atom. The fourth-order valence-corrected chi connectivity index (χ4v) is 2.83. The average molecular weight is 245 g/mol. The van der Waals surface area contributed by atoms with E-state index in [9.17, 15) is 0 Å². The summed E-state index contributed by atoms with van der Waals surface area (Å²) in [5, 5.41) is 0. The maximum Gasteiger partial charge on any atom is 0.0317 e. The highest BCUT2D eigenvalue weighted by Crippen LogP contribution is 2.27. The molecule has 3 nitrogen and oxygen atoms in total. The highest BCUT2D eigenvalue weighted by Gasteiger charge is 2.31. The first-order valence-electron chi connectivity index (χ1n) is 7.04. The van der Waals surface area contributed by atoms with E-state index in [0.717, 1.165) is 18.3 Å². The number of piperazine rings is 1. The molecule has 3 rings (SSSR count). The molecule has 0 radical (unpaired) electrons. The first kappa shape index (κ1) is 12.0. The number of anilines is 1. The second kappa shape index (κ2) is 4.90. The van der Waals surface area contributed by atoms with Gasteiger partial charge in [0.15, 0.2) is 0 Å². The van der Waals surface area contributed by atoms with Gasteiger partial charge in [0.25, 0.3) is 0 Å². The van der Waals surface area contributed by atoms with Crippen LogP contribution in [0, 0.1) is 6.92 Å². The summed E-state index contributed by atoms with van der Waals surface area (Å²) in [6, 6.07) is 7.17. The van der Waals surface area contributed by atoms with Crippen LogP contribution >= 0.6 is 0 Å². The molecule has 2 N–H and O–H groups in total. The summed E-state index contributed by atoms with van der Waals surface area (Å²) >= 11 is 0. The summed E-state index contributed by atoms with van der Waals surface area (Å²) < 4.78 is 0. The molecule has 2 aliphatic rings. The highest BCUT2D eigenvalue weighted by molar-refractivity contribution is 5.44. The van der Waals surface area contributed by atoms with Crippen molar-refractivity contribution in [2.45, 2.75) is 32.4 Å². The monoisotopic (exact) mass is 245 g/mol. The van der Waals surface area contributed by atoms with Crippen molar-refractivity contribution >= 4 is 5.69 Å². The molecule has 1 saturated heterocycles. The minimum atomic E-state index is 0.882. The lowest BCUT2D eigenvalue weighted by Gasteiger charge is -2.35. The lowest BCUT2D eigenvalue weighted by molar-refractivity contribution is 0.121. The lowest BCUT2D eigenvalue weighted by Crippen LogP contribution is -2.46. The van der Waals surface area contributed by atoms with Gasteiger partial charge in [-0.2, -0.15) is 0 Å². The molecule has 1 saturated carbocycles. The Labute approximate surface area is 110 Å². The molecule has 0 spiro atoms. The molecule has 0 unspecified atom stereocenters. The van der Waals surface area contributed by atoms with Crippen LogP contribution in [0.5, 0.6) is 0 Å². The van der Waals surface area contributed by atoms with Gasteiger partial charge < -0.3 is 5.73 Å². The lowest BCUT2D eigenvalue weighted by atomic mass is 10.1. The Kier molecular flexibility index (Phi) is 3.27. The zero-order valence-electron chi connectivity index (χ0n) is 11.2. The normalized spacial score (nSPS) is 22.3. The van der Waals surface area contributed by atoms with E-state index in [1.165, 1.54) is 50.1 Å². The van der Waals surface area contributed by atoms with E-state index in [4.69, 9.17) is 5.73 Å². The van der Waals surface area contributed by atoms with Crippen LogP contribution in [0.15, 0.2) is 18.2 Å². The zero-order valence-corrected chi connectivity index (χ0v) is 11.2. The second-order valence-electron chi connectivity index (χ2n) is 5.73. The molecule has 3 heteroatoms. The highest BCUT2D eigenvalue weighted by atomic mass is 15.3. The summed E-state index contributed by atoms with van der Waals surface area (Å²) in [4.78, 5) is 5.21. The number of hydrogen-bond acceptors (Lipinski definition) is 3. The molecule has 1 aromatic rings. The zero-order chi connectivity index (χ0) is 12.5. The van der Waals surface area contributed by atoms with Gasteiger partial charge >= 0.3 is 0 Å². The van der Waals surface area contributed by atoms with E-state index in [1.807, 2.05) is 6.07 Å². The van der Waals surface area contributed by atoms with Gasteiger partial charge in [0.2, 0.25) is 0 Å². The predicted octanol–water partition coefficient (Wildman–Crippen LogP) is 1.86. The van der Waals surface area contributed by atoms with Gasteiger partial charge in [0.05, 0.1) is 0 Å². The molecule has 0 aromatic heterocycles. The minimum Gasteiger partial charge on any atom is -0.399 e. The smallest absolute Gasteiger partial charge is 0.0317 e. The van der Waals surface area contributed by atoms with Crippen molar-refractivity contribution in [3.63, 3.8) is 0 Å². The van der Waals surface area contributed by atoms with E-state index < -0.39 is 0 Å². The number of nitrogens with two attached hydrogens (primary N) is 1. The van der Waals surface area contributed by atoms with Gasteiger partial charge in [-0.05, 0) is 43.0 Å². The Morgan fingerprint density at radius 2 is 1.89 bits per heavy atom. The molecule has 0 atom stereocenters. The van der Waals surface area contributed by atoms with Crippen molar-refractivity contribution in [3.05, 3.63) is 29.3 Å². The van der Waals surface area contributed by atoms with Crippen LogP contribution in [0.1, 0.15) is 24.0 Å². The SMILES string of the molecule is Cc1ccc(N)cc1CN1CCN(C2CC2)CC1. The molecule has 18 heavy (non-hydrogen) atoms. The van der Waals surface area contributed by atoms with E-state index in [0.29, 0.717) is 0 Å². The summed E-state index contributed by atoms with van der Waals surface area (Å²) in [6.45, 7) is 8.11. The summed E-state index contributed by atoms with van der Waals surface area (Å²) in [5.74, 6) is 0. The minimum absolute atomic E-state index is 0.882. The Morgan fingerprint density at radius 3 is 2.56 bits per heavy atom. The summed E-state index contributed by atoms with van der Waals surface area (Å²) in [7, 11) is 0. The quantitative estimate of drug-likeness (QED) is 0.825. The first-order valence-corrected chi connectivity index (χ1v) is 7.04. The number of nitrogen functional groups attached to an aromatic ring is 1. The van der Waals surface area contributed by atoms with Crippen LogP contribution in [0.2, 0.25) is 0 Å². The predicted molar refractivity (Wildman–Crippen MR) is 75.5 cm³/mol. The number of aryl methyl sites for hydroxylation is 1. The van der Waals surface area contributed by atoms with Crippen molar-refractivity contribution < 1.29 is 0 Å². The number of hydrogen-bond donors (Lipinski definition) is 1. The first-order chi connectivity index (χ1) is 8.72. The Balaban J connectivity index is 1.58. The largest absolute Gasteiger partial charge is 0.399 e. The third-order valence-electron chi connectivity index (χ3n) is 4.24. The van der Waals surface area contributed by atoms with Crippen LogP contribution < -0.4 is 5.73 Å². The molecule has 1 heterocycles. The van der Waals surface area contributed by atoms with Crippen molar-refractivity contribution in [1.82, 2.24) is 9.80 Å². The second-order valence-corrected chi connectivity index (χ2v) is 5.73. The Hall–Kier alpha value is -1.06. The van der Waals surface area contributed by atoms with Gasteiger partial charge in [0.1, 0.15) is 0 Å². The van der Waals surface area contributed by atoms with Crippen molar-refractivity contribution in [2.24, 2.45) is 0 Å². The van der Waals surface area contributed by atoms with Crippen LogP contribution in [-0.4, -0.2) is 42.0 Å². The standard InChI is InChI=1S/C15H23N3/c1-12-2-3-14(16)10-13(12)11-17-6-8-18(9-7-17)15-4-5-15/h2-3,10,15H,4-9,11,16H2,1H3. The van der Waals surface area contributed by atoms with Gasteiger partial charge in [-0.3, -0.25) is 9.80 Å². The van der Waals surface area contributed by atoms with E-state index in [2.05, 4.69) is 28.9 Å². The molecule has 98 valence electrons. The van der Waals surface area contributed by atoms with E-state index in [1.54, 1.807) is 0 Å². The van der Waals surface area contributed by atoms with Crippen LogP contribution in [0.3, 0.4) is 0 Å². The van der Waals surface area contributed by atoms with Gasteiger partial charge in [0, 0.05) is 44.5 Å². The molecule has 0 bridgehead atoms. The van der Waals surface area contributed by atoms with Gasteiger partial charge in [-0.25, -0.2) is 0 Å². The molecule has 1 aliphatic carbocycles. The third-order valence-corrected chi connectivity index (χ3v) is 4.24. The van der Waals surface area contributed by atoms with Crippen molar-refractivity contribution in [1.29, 1.82) is 0 Å². The van der Waals surface area contributed by atoms with E-state index in [-0.39, 0.29) is 0 Å².